The third-order valence-corrected chi connectivity index (χ3v) is 3.29. The van der Waals surface area contributed by atoms with Gasteiger partial charge in [-0.1, -0.05) is 42.5 Å². The van der Waals surface area contributed by atoms with Crippen molar-refractivity contribution in [2.45, 2.75) is 12.5 Å². The average molecular weight is 255 g/mol. The molecule has 0 fully saturated rings. The third-order valence-electron chi connectivity index (χ3n) is 3.29. The molecule has 0 radical (unpaired) electrons. The summed E-state index contributed by atoms with van der Waals surface area (Å²) in [5.74, 6) is 1.60. The van der Waals surface area contributed by atoms with E-state index in [2.05, 4.69) is 12.1 Å². The molecule has 2 N–H and O–H groups in total. The molecule has 0 saturated carbocycles. The van der Waals surface area contributed by atoms with E-state index in [9.17, 15) is 0 Å². The molecule has 1 atom stereocenters. The highest BCUT2D eigenvalue weighted by atomic mass is 16.6. The van der Waals surface area contributed by atoms with Gasteiger partial charge in [0.15, 0.2) is 11.5 Å². The van der Waals surface area contributed by atoms with Gasteiger partial charge in [0.25, 0.3) is 0 Å². The minimum absolute atomic E-state index is 0.0842. The molecule has 19 heavy (non-hydrogen) atoms. The molecule has 0 aliphatic carbocycles. The number of para-hydroxylation sites is 1. The van der Waals surface area contributed by atoms with Crippen LogP contribution in [0.25, 0.3) is 0 Å². The molecule has 0 saturated heterocycles. The van der Waals surface area contributed by atoms with E-state index in [1.165, 1.54) is 5.56 Å². The highest BCUT2D eigenvalue weighted by Gasteiger charge is 2.19. The van der Waals surface area contributed by atoms with Gasteiger partial charge in [-0.15, -0.1) is 0 Å². The number of benzene rings is 2. The smallest absolute Gasteiger partial charge is 0.166 e. The summed E-state index contributed by atoms with van der Waals surface area (Å²) < 4.78 is 11.3. The van der Waals surface area contributed by atoms with Crippen LogP contribution in [0, 0.1) is 0 Å². The molecule has 1 unspecified atom stereocenters. The first kappa shape index (κ1) is 12.1. The van der Waals surface area contributed by atoms with Crippen molar-refractivity contribution < 1.29 is 9.47 Å². The van der Waals surface area contributed by atoms with E-state index < -0.39 is 0 Å². The van der Waals surface area contributed by atoms with E-state index in [-0.39, 0.29) is 6.04 Å². The van der Waals surface area contributed by atoms with Crippen molar-refractivity contribution >= 4 is 0 Å². The summed E-state index contributed by atoms with van der Waals surface area (Å²) in [5, 5.41) is 0. The number of hydrogen-bond donors (Lipinski definition) is 1. The molecule has 3 nitrogen and oxygen atoms in total. The number of nitrogens with two attached hydrogens (primary N) is 1. The molecule has 0 aromatic heterocycles. The second kappa shape index (κ2) is 5.33. The highest BCUT2D eigenvalue weighted by molar-refractivity contribution is 5.49. The van der Waals surface area contributed by atoms with Crippen molar-refractivity contribution in [3.8, 4) is 11.5 Å². The van der Waals surface area contributed by atoms with Crippen LogP contribution in [0.4, 0.5) is 0 Å². The molecule has 1 heterocycles. The second-order valence-corrected chi connectivity index (χ2v) is 4.67. The first-order valence-corrected chi connectivity index (χ1v) is 6.52. The molecule has 3 heteroatoms. The molecular formula is C16H17NO2. The Bertz CT molecular complexity index is 554. The summed E-state index contributed by atoms with van der Waals surface area (Å²) in [5.41, 5.74) is 8.56. The van der Waals surface area contributed by atoms with E-state index in [0.717, 1.165) is 23.5 Å². The molecule has 2 aromatic rings. The topological polar surface area (TPSA) is 44.5 Å². The fraction of sp³-hybridized carbons (Fsp3) is 0.250. The first-order chi connectivity index (χ1) is 9.34. The minimum Gasteiger partial charge on any atom is -0.486 e. The molecule has 0 amide bonds. The summed E-state index contributed by atoms with van der Waals surface area (Å²) in [4.78, 5) is 0. The largest absolute Gasteiger partial charge is 0.486 e. The van der Waals surface area contributed by atoms with Crippen molar-refractivity contribution in [2.75, 3.05) is 13.2 Å². The summed E-state index contributed by atoms with van der Waals surface area (Å²) >= 11 is 0. The Hall–Kier alpha value is -2.00. The van der Waals surface area contributed by atoms with Crippen molar-refractivity contribution in [3.05, 3.63) is 59.7 Å². The van der Waals surface area contributed by atoms with Gasteiger partial charge in [0, 0.05) is 11.6 Å². The lowest BCUT2D eigenvalue weighted by atomic mass is 9.98. The van der Waals surface area contributed by atoms with Crippen LogP contribution in [0.3, 0.4) is 0 Å². The maximum Gasteiger partial charge on any atom is 0.166 e. The molecule has 98 valence electrons. The normalized spacial score (nSPS) is 15.0. The molecule has 2 aromatic carbocycles. The summed E-state index contributed by atoms with van der Waals surface area (Å²) in [6.07, 6.45) is 0.792. The van der Waals surface area contributed by atoms with E-state index in [1.54, 1.807) is 0 Å². The molecule has 1 aliphatic heterocycles. The van der Waals surface area contributed by atoms with Crippen LogP contribution in [0.15, 0.2) is 48.5 Å². The summed E-state index contributed by atoms with van der Waals surface area (Å²) in [6, 6.07) is 16.1. The standard InChI is InChI=1S/C16H17NO2/c17-14(11-12-5-2-1-3-6-12)13-7-4-8-15-16(13)19-10-9-18-15/h1-8,14H,9-11,17H2. The van der Waals surface area contributed by atoms with E-state index >= 15 is 0 Å². The Kier molecular flexibility index (Phi) is 3.38. The van der Waals surface area contributed by atoms with Crippen LogP contribution in [-0.4, -0.2) is 13.2 Å². The zero-order chi connectivity index (χ0) is 13.1. The predicted molar refractivity (Wildman–Crippen MR) is 74.5 cm³/mol. The zero-order valence-electron chi connectivity index (χ0n) is 10.7. The fourth-order valence-corrected chi connectivity index (χ4v) is 2.37. The van der Waals surface area contributed by atoms with Gasteiger partial charge >= 0.3 is 0 Å². The van der Waals surface area contributed by atoms with E-state index in [4.69, 9.17) is 15.2 Å². The van der Waals surface area contributed by atoms with E-state index in [0.29, 0.717) is 13.2 Å². The maximum absolute atomic E-state index is 6.32. The number of rotatable bonds is 3. The first-order valence-electron chi connectivity index (χ1n) is 6.52. The Morgan fingerprint density at radius 2 is 1.74 bits per heavy atom. The molecule has 0 spiro atoms. The number of fused-ring (bicyclic) bond motifs is 1. The van der Waals surface area contributed by atoms with E-state index in [1.807, 2.05) is 36.4 Å². The Balaban J connectivity index is 1.86. The molecule has 3 rings (SSSR count). The van der Waals surface area contributed by atoms with Gasteiger partial charge in [-0.3, -0.25) is 0 Å². The number of ether oxygens (including phenoxy) is 2. The quantitative estimate of drug-likeness (QED) is 0.917. The lowest BCUT2D eigenvalue weighted by Crippen LogP contribution is -2.20. The lowest BCUT2D eigenvalue weighted by molar-refractivity contribution is 0.169. The minimum atomic E-state index is -0.0842. The van der Waals surface area contributed by atoms with Crippen molar-refractivity contribution in [1.82, 2.24) is 0 Å². The Morgan fingerprint density at radius 3 is 2.58 bits per heavy atom. The Labute approximate surface area is 113 Å². The molecule has 1 aliphatic rings. The van der Waals surface area contributed by atoms with Crippen LogP contribution in [0.2, 0.25) is 0 Å². The van der Waals surface area contributed by atoms with Crippen LogP contribution in [-0.2, 0) is 6.42 Å². The number of hydrogen-bond acceptors (Lipinski definition) is 3. The lowest BCUT2D eigenvalue weighted by Gasteiger charge is -2.23. The maximum atomic E-state index is 6.32. The molecule has 0 bridgehead atoms. The summed E-state index contributed by atoms with van der Waals surface area (Å²) in [6.45, 7) is 1.19. The van der Waals surface area contributed by atoms with Crippen molar-refractivity contribution in [3.63, 3.8) is 0 Å². The van der Waals surface area contributed by atoms with Crippen LogP contribution in [0.5, 0.6) is 11.5 Å². The Morgan fingerprint density at radius 1 is 0.947 bits per heavy atom. The SMILES string of the molecule is NC(Cc1ccccc1)c1cccc2c1OCCO2. The fourth-order valence-electron chi connectivity index (χ4n) is 2.37. The zero-order valence-corrected chi connectivity index (χ0v) is 10.7. The van der Waals surface area contributed by atoms with Gasteiger partial charge < -0.3 is 15.2 Å². The van der Waals surface area contributed by atoms with Gasteiger partial charge in [0.05, 0.1) is 0 Å². The van der Waals surface area contributed by atoms with Gasteiger partial charge in [0.1, 0.15) is 13.2 Å². The van der Waals surface area contributed by atoms with Crippen LogP contribution < -0.4 is 15.2 Å². The van der Waals surface area contributed by atoms with Crippen LogP contribution in [0.1, 0.15) is 17.2 Å². The van der Waals surface area contributed by atoms with Gasteiger partial charge in [-0.05, 0) is 18.1 Å². The van der Waals surface area contributed by atoms with Crippen molar-refractivity contribution in [1.29, 1.82) is 0 Å². The highest BCUT2D eigenvalue weighted by Crippen LogP contribution is 2.37. The summed E-state index contributed by atoms with van der Waals surface area (Å²) in [7, 11) is 0. The molecular weight excluding hydrogens is 238 g/mol. The van der Waals surface area contributed by atoms with Gasteiger partial charge in [-0.25, -0.2) is 0 Å². The monoisotopic (exact) mass is 255 g/mol. The second-order valence-electron chi connectivity index (χ2n) is 4.67. The van der Waals surface area contributed by atoms with Crippen LogP contribution >= 0.6 is 0 Å². The average Bonchev–Trinajstić information content (AvgIpc) is 2.47. The van der Waals surface area contributed by atoms with Gasteiger partial charge in [0.2, 0.25) is 0 Å². The van der Waals surface area contributed by atoms with Crippen molar-refractivity contribution in [2.24, 2.45) is 5.73 Å². The third kappa shape index (κ3) is 2.56. The predicted octanol–water partition coefficient (Wildman–Crippen LogP) is 2.70. The van der Waals surface area contributed by atoms with Gasteiger partial charge in [-0.2, -0.15) is 0 Å².